The van der Waals surface area contributed by atoms with Crippen molar-refractivity contribution in [3.8, 4) is 11.1 Å². The molecule has 0 aliphatic carbocycles. The highest BCUT2D eigenvalue weighted by molar-refractivity contribution is 6.12. The van der Waals surface area contributed by atoms with E-state index < -0.39 is 17.6 Å². The van der Waals surface area contributed by atoms with Gasteiger partial charge in [-0.1, -0.05) is 12.1 Å². The van der Waals surface area contributed by atoms with Gasteiger partial charge >= 0.3 is 6.09 Å². The molecule has 0 unspecified atom stereocenters. The Hall–Kier alpha value is -4.70. The second-order valence-corrected chi connectivity index (χ2v) is 12.3. The Kier molecular flexibility index (Phi) is 5.88. The van der Waals surface area contributed by atoms with E-state index in [1.54, 1.807) is 27.0 Å². The van der Waals surface area contributed by atoms with Gasteiger partial charge < -0.3 is 14.6 Å². The maximum atomic E-state index is 13.9. The Morgan fingerprint density at radius 1 is 1.00 bits per heavy atom. The summed E-state index contributed by atoms with van der Waals surface area (Å²) in [5.74, 6) is 0.225. The van der Waals surface area contributed by atoms with Crippen LogP contribution in [-0.4, -0.2) is 60.2 Å². The van der Waals surface area contributed by atoms with E-state index in [0.29, 0.717) is 17.1 Å². The average Bonchev–Trinajstić information content (AvgIpc) is 3.60. The van der Waals surface area contributed by atoms with Crippen molar-refractivity contribution in [1.82, 2.24) is 29.0 Å². The molecule has 10 heteroatoms. The quantitative estimate of drug-likeness (QED) is 0.299. The van der Waals surface area contributed by atoms with Crippen LogP contribution in [0.25, 0.3) is 27.5 Å². The number of imide groups is 1. The lowest BCUT2D eigenvalue weighted by Gasteiger charge is -2.24. The second-order valence-electron chi connectivity index (χ2n) is 12.3. The zero-order valence-electron chi connectivity index (χ0n) is 24.4. The van der Waals surface area contributed by atoms with Crippen LogP contribution in [0, 0.1) is 6.92 Å². The van der Waals surface area contributed by atoms with Crippen molar-refractivity contribution in [2.45, 2.75) is 52.9 Å². The molecule has 42 heavy (non-hydrogen) atoms. The van der Waals surface area contributed by atoms with E-state index in [1.165, 1.54) is 10.6 Å². The number of carbonyl (C=O) groups is 2. The number of anilines is 2. The minimum absolute atomic E-state index is 0.101. The molecule has 1 aromatic carbocycles. The molecule has 1 N–H and O–H groups in total. The molecule has 2 aliphatic rings. The average molecular weight is 564 g/mol. The van der Waals surface area contributed by atoms with Crippen LogP contribution in [0.4, 0.5) is 16.3 Å². The fourth-order valence-corrected chi connectivity index (χ4v) is 5.98. The van der Waals surface area contributed by atoms with Crippen molar-refractivity contribution in [3.05, 3.63) is 77.4 Å². The van der Waals surface area contributed by atoms with Crippen molar-refractivity contribution < 1.29 is 14.3 Å². The highest BCUT2D eigenvalue weighted by Gasteiger charge is 2.39. The van der Waals surface area contributed by atoms with Crippen molar-refractivity contribution in [3.63, 3.8) is 0 Å². The number of nitrogens with zero attached hydrogens (tertiary/aromatic N) is 6. The van der Waals surface area contributed by atoms with E-state index in [2.05, 4.69) is 33.0 Å². The summed E-state index contributed by atoms with van der Waals surface area (Å²) in [6.45, 7) is 10.3. The van der Waals surface area contributed by atoms with E-state index >= 15 is 0 Å². The molecule has 214 valence electrons. The zero-order chi connectivity index (χ0) is 29.3. The number of benzene rings is 1. The third-order valence-corrected chi connectivity index (χ3v) is 7.93. The molecule has 0 saturated carbocycles. The van der Waals surface area contributed by atoms with E-state index in [4.69, 9.17) is 9.72 Å². The van der Waals surface area contributed by atoms with Gasteiger partial charge in [0.1, 0.15) is 11.4 Å². The van der Waals surface area contributed by atoms with Gasteiger partial charge in [0.15, 0.2) is 0 Å². The lowest BCUT2D eigenvalue weighted by Crippen LogP contribution is -2.37. The van der Waals surface area contributed by atoms with Crippen LogP contribution in [0.15, 0.2) is 55.0 Å². The Bertz CT molecular complexity index is 1910. The molecule has 5 aromatic rings. The van der Waals surface area contributed by atoms with Gasteiger partial charge in [-0.05, 0) is 75.7 Å². The molecular weight excluding hydrogens is 530 g/mol. The molecule has 2 amide bonds. The second kappa shape index (κ2) is 9.42. The number of pyridine rings is 2. The summed E-state index contributed by atoms with van der Waals surface area (Å²) in [7, 11) is 2.13. The lowest BCUT2D eigenvalue weighted by molar-refractivity contribution is 0.0248. The minimum atomic E-state index is -0.735. The molecule has 4 aromatic heterocycles. The number of nitrogens with one attached hydrogen (secondary N) is 1. The predicted molar refractivity (Wildman–Crippen MR) is 161 cm³/mol. The van der Waals surface area contributed by atoms with E-state index in [-0.39, 0.29) is 6.54 Å². The molecule has 0 bridgehead atoms. The van der Waals surface area contributed by atoms with Gasteiger partial charge in [-0.25, -0.2) is 19.2 Å². The molecular formula is C32H33N7O3. The molecule has 10 nitrogen and oxygen atoms in total. The fourth-order valence-electron chi connectivity index (χ4n) is 5.98. The first-order valence-corrected chi connectivity index (χ1v) is 14.1. The summed E-state index contributed by atoms with van der Waals surface area (Å²) < 4.78 is 9.75. The van der Waals surface area contributed by atoms with Crippen molar-refractivity contribution in [2.24, 2.45) is 0 Å². The van der Waals surface area contributed by atoms with Crippen LogP contribution in [0.3, 0.4) is 0 Å². The molecule has 7 rings (SSSR count). The molecule has 0 atom stereocenters. The number of hydrogen-bond donors (Lipinski definition) is 1. The van der Waals surface area contributed by atoms with Crippen LogP contribution in [0.5, 0.6) is 0 Å². The van der Waals surface area contributed by atoms with Crippen molar-refractivity contribution in [2.75, 3.05) is 18.9 Å². The number of hydrogen-bond acceptors (Lipinski definition) is 7. The Morgan fingerprint density at radius 2 is 1.83 bits per heavy atom. The third-order valence-electron chi connectivity index (χ3n) is 7.93. The number of fused-ring (bicyclic) bond motifs is 5. The maximum Gasteiger partial charge on any atom is 0.417 e. The summed E-state index contributed by atoms with van der Waals surface area (Å²) >= 11 is 0. The smallest absolute Gasteiger partial charge is 0.417 e. The van der Waals surface area contributed by atoms with E-state index in [9.17, 15) is 9.59 Å². The van der Waals surface area contributed by atoms with Crippen molar-refractivity contribution in [1.29, 1.82) is 0 Å². The molecule has 2 aliphatic heterocycles. The Balaban J connectivity index is 1.31. The standard InChI is InChI=1S/C32H33N7O3/c1-19-6-9-26-23(14-34-39(26)16-19)22-7-8-25(29-24(22)18-38(30(29)40)31(41)42-32(2,3)4)35-28-13-20-12-21-17-36(5)10-11-37(21)27(20)15-33-28/h6-9,12-16H,10-11,17-18H2,1-5H3,(H,33,35). The summed E-state index contributed by atoms with van der Waals surface area (Å²) in [5, 5.41) is 9.03. The minimum Gasteiger partial charge on any atom is -0.443 e. The number of rotatable bonds is 3. The summed E-state index contributed by atoms with van der Waals surface area (Å²) in [6.07, 6.45) is 4.99. The molecule has 0 spiro atoms. The van der Waals surface area contributed by atoms with Gasteiger partial charge in [0.2, 0.25) is 0 Å². The highest BCUT2D eigenvalue weighted by Crippen LogP contribution is 2.40. The topological polar surface area (TPSA) is 97.0 Å². The van der Waals surface area contributed by atoms with Crippen LogP contribution in [-0.2, 0) is 24.4 Å². The van der Waals surface area contributed by atoms with Crippen LogP contribution < -0.4 is 5.32 Å². The zero-order valence-corrected chi connectivity index (χ0v) is 24.4. The highest BCUT2D eigenvalue weighted by atomic mass is 16.6. The number of amides is 2. The number of likely N-dealkylation sites (N-methyl/N-ethyl adjacent to an activating group) is 1. The third kappa shape index (κ3) is 4.39. The normalized spacial score (nSPS) is 15.4. The van der Waals surface area contributed by atoms with Gasteiger partial charge in [-0.3, -0.25) is 9.69 Å². The van der Waals surface area contributed by atoms with Crippen LogP contribution >= 0.6 is 0 Å². The summed E-state index contributed by atoms with van der Waals surface area (Å²) in [6, 6.07) is 12.1. The Morgan fingerprint density at radius 3 is 2.64 bits per heavy atom. The molecule has 0 saturated heterocycles. The fraction of sp³-hybridized carbons (Fsp3) is 0.312. The van der Waals surface area contributed by atoms with Crippen LogP contribution in [0.2, 0.25) is 0 Å². The SMILES string of the molecule is Cc1ccc2c(-c3ccc(Nc4cc5cc6n(c5cn4)CCN(C)C6)c4c3CN(C(=O)OC(C)(C)C)C4=O)cnn2c1. The van der Waals surface area contributed by atoms with Gasteiger partial charge in [0.25, 0.3) is 5.91 Å². The molecule has 6 heterocycles. The van der Waals surface area contributed by atoms with E-state index in [1.807, 2.05) is 54.2 Å². The van der Waals surface area contributed by atoms with Gasteiger partial charge in [-0.15, -0.1) is 0 Å². The molecule has 0 radical (unpaired) electrons. The first kappa shape index (κ1) is 26.2. The van der Waals surface area contributed by atoms with Crippen LogP contribution in [0.1, 0.15) is 48.0 Å². The summed E-state index contributed by atoms with van der Waals surface area (Å²) in [5.41, 5.74) is 7.14. The number of aromatic nitrogens is 4. The van der Waals surface area contributed by atoms with Crippen molar-refractivity contribution >= 4 is 39.9 Å². The number of aryl methyl sites for hydroxylation is 1. The van der Waals surface area contributed by atoms with Gasteiger partial charge in [0.05, 0.1) is 41.2 Å². The number of ether oxygens (including phenoxy) is 1. The predicted octanol–water partition coefficient (Wildman–Crippen LogP) is 5.74. The lowest BCUT2D eigenvalue weighted by atomic mass is 9.96. The summed E-state index contributed by atoms with van der Waals surface area (Å²) in [4.78, 5) is 35.2. The monoisotopic (exact) mass is 563 g/mol. The number of carbonyl (C=O) groups excluding carboxylic acids is 2. The van der Waals surface area contributed by atoms with Gasteiger partial charge in [-0.2, -0.15) is 5.10 Å². The first-order valence-electron chi connectivity index (χ1n) is 14.1. The van der Waals surface area contributed by atoms with Gasteiger partial charge in [0, 0.05) is 42.5 Å². The van der Waals surface area contributed by atoms with E-state index in [0.717, 1.165) is 58.3 Å². The largest absolute Gasteiger partial charge is 0.443 e. The molecule has 0 fully saturated rings. The maximum absolute atomic E-state index is 13.9. The Labute approximate surface area is 243 Å². The first-order chi connectivity index (χ1) is 20.1.